The topological polar surface area (TPSA) is 96.3 Å². The van der Waals surface area contributed by atoms with Gasteiger partial charge < -0.3 is 20.9 Å². The molecule has 0 aliphatic carbocycles. The fourth-order valence-corrected chi connectivity index (χ4v) is 2.74. The number of benzene rings is 2. The molecular formula is C19H22N4O2. The van der Waals surface area contributed by atoms with E-state index in [9.17, 15) is 0 Å². The minimum absolute atomic E-state index is 0.172. The highest BCUT2D eigenvalue weighted by molar-refractivity contribution is 5.99. The zero-order valence-electron chi connectivity index (χ0n) is 14.2. The van der Waals surface area contributed by atoms with Crippen molar-refractivity contribution >= 4 is 22.5 Å². The Morgan fingerprint density at radius 1 is 1.00 bits per heavy atom. The molecule has 0 amide bonds. The lowest BCUT2D eigenvalue weighted by atomic mass is 9.99. The SMILES string of the molecule is COCCCCOc1ccc2c(-c3cnc(N)nc3N)cccc2c1. The van der Waals surface area contributed by atoms with Crippen LogP contribution in [-0.4, -0.2) is 30.3 Å². The number of nitrogens with zero attached hydrogens (tertiary/aromatic N) is 2. The van der Waals surface area contributed by atoms with Crippen LogP contribution in [0, 0.1) is 0 Å². The fraction of sp³-hybridized carbons (Fsp3) is 0.263. The van der Waals surface area contributed by atoms with E-state index in [1.807, 2.05) is 36.4 Å². The standard InChI is InChI=1S/C19H22N4O2/c1-24-9-2-3-10-25-14-7-8-15-13(11-14)5-4-6-16(15)17-12-22-19(21)23-18(17)20/h4-8,11-12H,2-3,9-10H2,1H3,(H4,20,21,22,23). The average molecular weight is 338 g/mol. The van der Waals surface area contributed by atoms with Crippen molar-refractivity contribution in [3.05, 3.63) is 42.6 Å². The Labute approximate surface area is 146 Å². The van der Waals surface area contributed by atoms with Crippen LogP contribution in [0.2, 0.25) is 0 Å². The van der Waals surface area contributed by atoms with Gasteiger partial charge >= 0.3 is 0 Å². The maximum Gasteiger partial charge on any atom is 0.221 e. The summed E-state index contributed by atoms with van der Waals surface area (Å²) in [6.07, 6.45) is 3.61. The van der Waals surface area contributed by atoms with Gasteiger partial charge in [0.2, 0.25) is 5.95 Å². The normalized spacial score (nSPS) is 10.9. The summed E-state index contributed by atoms with van der Waals surface area (Å²) in [5, 5.41) is 2.14. The van der Waals surface area contributed by atoms with Crippen molar-refractivity contribution in [2.75, 3.05) is 31.8 Å². The van der Waals surface area contributed by atoms with Crippen LogP contribution < -0.4 is 16.2 Å². The first-order valence-corrected chi connectivity index (χ1v) is 8.22. The molecule has 3 aromatic rings. The van der Waals surface area contributed by atoms with E-state index in [-0.39, 0.29) is 5.95 Å². The lowest BCUT2D eigenvalue weighted by molar-refractivity contribution is 0.184. The van der Waals surface area contributed by atoms with Gasteiger partial charge in [0.15, 0.2) is 0 Å². The first kappa shape index (κ1) is 17.0. The first-order chi connectivity index (χ1) is 12.2. The third-order valence-electron chi connectivity index (χ3n) is 3.99. The van der Waals surface area contributed by atoms with Crippen LogP contribution in [0.1, 0.15) is 12.8 Å². The lowest BCUT2D eigenvalue weighted by Gasteiger charge is -2.11. The lowest BCUT2D eigenvalue weighted by Crippen LogP contribution is -2.01. The van der Waals surface area contributed by atoms with Gasteiger partial charge in [-0.3, -0.25) is 0 Å². The number of fused-ring (bicyclic) bond motifs is 1. The summed E-state index contributed by atoms with van der Waals surface area (Å²) in [6.45, 7) is 1.43. The Bertz CT molecular complexity index is 867. The van der Waals surface area contributed by atoms with Gasteiger partial charge in [-0.25, -0.2) is 4.98 Å². The minimum atomic E-state index is 0.172. The number of aromatic nitrogens is 2. The number of unbranched alkanes of at least 4 members (excludes halogenated alkanes) is 1. The van der Waals surface area contributed by atoms with Crippen molar-refractivity contribution < 1.29 is 9.47 Å². The Morgan fingerprint density at radius 2 is 1.84 bits per heavy atom. The molecule has 0 unspecified atom stereocenters. The molecule has 0 aliphatic rings. The van der Waals surface area contributed by atoms with E-state index in [0.29, 0.717) is 12.4 Å². The van der Waals surface area contributed by atoms with Crippen molar-refractivity contribution in [2.45, 2.75) is 12.8 Å². The van der Waals surface area contributed by atoms with Gasteiger partial charge in [0.25, 0.3) is 0 Å². The quantitative estimate of drug-likeness (QED) is 0.642. The summed E-state index contributed by atoms with van der Waals surface area (Å²) in [5.74, 6) is 1.40. The Morgan fingerprint density at radius 3 is 2.64 bits per heavy atom. The molecule has 0 bridgehead atoms. The zero-order chi connectivity index (χ0) is 17.6. The van der Waals surface area contributed by atoms with Gasteiger partial charge in [0.05, 0.1) is 6.61 Å². The highest BCUT2D eigenvalue weighted by Crippen LogP contribution is 2.33. The van der Waals surface area contributed by atoms with Gasteiger partial charge in [0.1, 0.15) is 11.6 Å². The first-order valence-electron chi connectivity index (χ1n) is 8.22. The molecule has 0 saturated heterocycles. The van der Waals surface area contributed by atoms with Crippen molar-refractivity contribution in [1.82, 2.24) is 9.97 Å². The molecule has 0 atom stereocenters. The number of ether oxygens (including phenoxy) is 2. The van der Waals surface area contributed by atoms with Gasteiger partial charge in [0, 0.05) is 25.5 Å². The second-order valence-corrected chi connectivity index (χ2v) is 5.76. The molecule has 0 fully saturated rings. The minimum Gasteiger partial charge on any atom is -0.494 e. The summed E-state index contributed by atoms with van der Waals surface area (Å²) >= 11 is 0. The van der Waals surface area contributed by atoms with Crippen LogP contribution in [0.4, 0.5) is 11.8 Å². The van der Waals surface area contributed by atoms with Crippen molar-refractivity contribution in [3.8, 4) is 16.9 Å². The summed E-state index contributed by atoms with van der Waals surface area (Å²) in [4.78, 5) is 8.11. The molecule has 0 radical (unpaired) electrons. The monoisotopic (exact) mass is 338 g/mol. The van der Waals surface area contributed by atoms with E-state index in [1.54, 1.807) is 13.3 Å². The molecule has 4 N–H and O–H groups in total. The second-order valence-electron chi connectivity index (χ2n) is 5.76. The van der Waals surface area contributed by atoms with E-state index in [0.717, 1.165) is 47.1 Å². The number of nitrogens with two attached hydrogens (primary N) is 2. The van der Waals surface area contributed by atoms with Crippen LogP contribution >= 0.6 is 0 Å². The molecule has 0 aliphatic heterocycles. The summed E-state index contributed by atoms with van der Waals surface area (Å²) in [7, 11) is 1.71. The van der Waals surface area contributed by atoms with E-state index in [1.165, 1.54) is 0 Å². The Balaban J connectivity index is 1.85. The third-order valence-corrected chi connectivity index (χ3v) is 3.99. The smallest absolute Gasteiger partial charge is 0.221 e. The Kier molecular flexibility index (Phi) is 5.30. The molecule has 3 rings (SSSR count). The largest absolute Gasteiger partial charge is 0.494 e. The number of hydrogen-bond acceptors (Lipinski definition) is 6. The number of hydrogen-bond donors (Lipinski definition) is 2. The predicted octanol–water partition coefficient (Wildman–Crippen LogP) is 3.27. The molecule has 6 heteroatoms. The number of rotatable bonds is 7. The molecule has 0 saturated carbocycles. The third kappa shape index (κ3) is 3.97. The summed E-state index contributed by atoms with van der Waals surface area (Å²) < 4.78 is 10.9. The molecule has 1 heterocycles. The van der Waals surface area contributed by atoms with Crippen LogP contribution in [0.5, 0.6) is 5.75 Å². The van der Waals surface area contributed by atoms with E-state index >= 15 is 0 Å². The fourth-order valence-electron chi connectivity index (χ4n) is 2.74. The highest BCUT2D eigenvalue weighted by atomic mass is 16.5. The highest BCUT2D eigenvalue weighted by Gasteiger charge is 2.10. The van der Waals surface area contributed by atoms with Crippen molar-refractivity contribution in [3.63, 3.8) is 0 Å². The molecule has 0 spiro atoms. The second kappa shape index (κ2) is 7.81. The molecular weight excluding hydrogens is 316 g/mol. The van der Waals surface area contributed by atoms with Crippen molar-refractivity contribution in [1.29, 1.82) is 0 Å². The molecule has 6 nitrogen and oxygen atoms in total. The summed E-state index contributed by atoms with van der Waals surface area (Å²) in [6, 6.07) is 12.1. The van der Waals surface area contributed by atoms with E-state index in [4.69, 9.17) is 20.9 Å². The van der Waals surface area contributed by atoms with Gasteiger partial charge in [-0.05, 0) is 41.3 Å². The van der Waals surface area contributed by atoms with E-state index < -0.39 is 0 Å². The molecule has 130 valence electrons. The summed E-state index contributed by atoms with van der Waals surface area (Å²) in [5.41, 5.74) is 13.3. The Hall–Kier alpha value is -2.86. The predicted molar refractivity (Wildman–Crippen MR) is 100 cm³/mol. The van der Waals surface area contributed by atoms with Crippen LogP contribution in [0.15, 0.2) is 42.6 Å². The van der Waals surface area contributed by atoms with E-state index in [2.05, 4.69) is 9.97 Å². The number of nitrogen functional groups attached to an aromatic ring is 2. The molecule has 25 heavy (non-hydrogen) atoms. The van der Waals surface area contributed by atoms with Crippen molar-refractivity contribution in [2.24, 2.45) is 0 Å². The van der Waals surface area contributed by atoms with Gasteiger partial charge in [-0.15, -0.1) is 0 Å². The van der Waals surface area contributed by atoms with Gasteiger partial charge in [-0.1, -0.05) is 24.3 Å². The molecule has 1 aromatic heterocycles. The maximum absolute atomic E-state index is 6.01. The molecule has 2 aromatic carbocycles. The number of methoxy groups -OCH3 is 1. The van der Waals surface area contributed by atoms with Crippen LogP contribution in [-0.2, 0) is 4.74 Å². The zero-order valence-corrected chi connectivity index (χ0v) is 14.2. The maximum atomic E-state index is 6.01. The average Bonchev–Trinajstić information content (AvgIpc) is 2.61. The van der Waals surface area contributed by atoms with Crippen LogP contribution in [0.3, 0.4) is 0 Å². The van der Waals surface area contributed by atoms with Crippen LogP contribution in [0.25, 0.3) is 21.9 Å². The number of anilines is 2. The van der Waals surface area contributed by atoms with Gasteiger partial charge in [-0.2, -0.15) is 4.98 Å².